The Balaban J connectivity index is 0.000000671. The lowest BCUT2D eigenvalue weighted by molar-refractivity contribution is 0.145. The average molecular weight is 191 g/mol. The van der Waals surface area contributed by atoms with E-state index in [1.54, 1.807) is 0 Å². The maximum Gasteiger partial charge on any atom is 0.280 e. The van der Waals surface area contributed by atoms with Crippen LogP contribution in [0.5, 0.6) is 0 Å². The van der Waals surface area contributed by atoms with Crippen LogP contribution in [0.15, 0.2) is 12.3 Å². The molecular formula is C9H12F3N. The van der Waals surface area contributed by atoms with Crippen molar-refractivity contribution in [1.82, 2.24) is 4.98 Å². The molecule has 0 atom stereocenters. The molecule has 4 heteroatoms. The predicted octanol–water partition coefficient (Wildman–Crippen LogP) is 3.49. The molecule has 1 aromatic heterocycles. The summed E-state index contributed by atoms with van der Waals surface area (Å²) in [5, 5.41) is 0. The normalized spacial score (nSPS) is 9.46. The minimum atomic E-state index is -2.70. The van der Waals surface area contributed by atoms with Crippen molar-refractivity contribution in [2.24, 2.45) is 0 Å². The van der Waals surface area contributed by atoms with Gasteiger partial charge in [-0.05, 0) is 6.92 Å². The van der Waals surface area contributed by atoms with Gasteiger partial charge in [0.1, 0.15) is 11.5 Å². The molecule has 0 aliphatic carbocycles. The van der Waals surface area contributed by atoms with E-state index in [-0.39, 0.29) is 5.56 Å². The van der Waals surface area contributed by atoms with Crippen LogP contribution >= 0.6 is 0 Å². The smallest absolute Gasteiger partial charge is 0.255 e. The van der Waals surface area contributed by atoms with E-state index in [0.717, 1.165) is 12.3 Å². The van der Waals surface area contributed by atoms with E-state index < -0.39 is 17.9 Å². The molecule has 13 heavy (non-hydrogen) atoms. The quantitative estimate of drug-likeness (QED) is 0.662. The van der Waals surface area contributed by atoms with E-state index in [4.69, 9.17) is 0 Å². The molecule has 0 aromatic carbocycles. The first kappa shape index (κ1) is 11.9. The van der Waals surface area contributed by atoms with Crippen LogP contribution in [-0.2, 0) is 0 Å². The predicted molar refractivity (Wildman–Crippen MR) is 45.2 cm³/mol. The van der Waals surface area contributed by atoms with Gasteiger partial charge in [-0.25, -0.2) is 13.2 Å². The molecule has 74 valence electrons. The van der Waals surface area contributed by atoms with Crippen molar-refractivity contribution in [1.29, 1.82) is 0 Å². The molecule has 1 heterocycles. The Morgan fingerprint density at radius 3 is 2.23 bits per heavy atom. The van der Waals surface area contributed by atoms with Crippen LogP contribution in [0.4, 0.5) is 13.2 Å². The Kier molecular flexibility index (Phi) is 5.11. The Morgan fingerprint density at radius 1 is 1.31 bits per heavy atom. The van der Waals surface area contributed by atoms with Gasteiger partial charge in [0, 0.05) is 17.8 Å². The molecule has 0 saturated heterocycles. The van der Waals surface area contributed by atoms with E-state index >= 15 is 0 Å². The van der Waals surface area contributed by atoms with Gasteiger partial charge in [0.25, 0.3) is 6.43 Å². The molecule has 0 radical (unpaired) electrons. The van der Waals surface area contributed by atoms with Crippen LogP contribution in [0.3, 0.4) is 0 Å². The number of aromatic nitrogens is 1. The first-order valence-corrected chi connectivity index (χ1v) is 4.01. The number of hydrogen-bond acceptors (Lipinski definition) is 1. The SMILES string of the molecule is CC.Cc1cnc(C(F)F)cc1F. The van der Waals surface area contributed by atoms with Crippen LogP contribution in [0.2, 0.25) is 0 Å². The minimum absolute atomic E-state index is 0.273. The van der Waals surface area contributed by atoms with Crippen molar-refractivity contribution in [3.63, 3.8) is 0 Å². The zero-order valence-corrected chi connectivity index (χ0v) is 7.81. The summed E-state index contributed by atoms with van der Waals surface area (Å²) in [6, 6.07) is 0.750. The lowest BCUT2D eigenvalue weighted by Crippen LogP contribution is -1.93. The van der Waals surface area contributed by atoms with Gasteiger partial charge in [-0.1, -0.05) is 13.8 Å². The molecule has 0 aliphatic rings. The van der Waals surface area contributed by atoms with E-state index in [0.29, 0.717) is 0 Å². The second kappa shape index (κ2) is 5.56. The fraction of sp³-hybridized carbons (Fsp3) is 0.444. The Bertz CT molecular complexity index is 261. The van der Waals surface area contributed by atoms with E-state index in [9.17, 15) is 13.2 Å². The van der Waals surface area contributed by atoms with Crippen molar-refractivity contribution in [2.75, 3.05) is 0 Å². The fourth-order valence-corrected chi connectivity index (χ4v) is 0.633. The van der Waals surface area contributed by atoms with Crippen LogP contribution in [0, 0.1) is 12.7 Å². The maximum atomic E-state index is 12.6. The summed E-state index contributed by atoms with van der Waals surface area (Å²) in [5.41, 5.74) is -0.248. The monoisotopic (exact) mass is 191 g/mol. The standard InChI is InChI=1S/C7H6F3N.C2H6/c1-4-3-11-6(7(9)10)2-5(4)8;1-2/h2-3,7H,1H3;1-2H3. The van der Waals surface area contributed by atoms with Crippen LogP contribution < -0.4 is 0 Å². The van der Waals surface area contributed by atoms with Crippen molar-refractivity contribution in [3.05, 3.63) is 29.3 Å². The van der Waals surface area contributed by atoms with Crippen molar-refractivity contribution < 1.29 is 13.2 Å². The van der Waals surface area contributed by atoms with Gasteiger partial charge < -0.3 is 0 Å². The number of pyridine rings is 1. The Morgan fingerprint density at radius 2 is 1.85 bits per heavy atom. The van der Waals surface area contributed by atoms with Crippen molar-refractivity contribution >= 4 is 0 Å². The summed E-state index contributed by atoms with van der Waals surface area (Å²) < 4.78 is 36.3. The van der Waals surface area contributed by atoms with Gasteiger partial charge in [-0.3, -0.25) is 4.98 Å². The molecule has 0 bridgehead atoms. The fourth-order valence-electron chi connectivity index (χ4n) is 0.633. The van der Waals surface area contributed by atoms with E-state index in [1.165, 1.54) is 6.92 Å². The Labute approximate surface area is 75.6 Å². The largest absolute Gasteiger partial charge is 0.280 e. The maximum absolute atomic E-state index is 12.6. The third-order valence-corrected chi connectivity index (χ3v) is 1.28. The highest BCUT2D eigenvalue weighted by Gasteiger charge is 2.09. The highest BCUT2D eigenvalue weighted by molar-refractivity contribution is 5.15. The number of halogens is 3. The molecule has 1 aromatic rings. The van der Waals surface area contributed by atoms with E-state index in [1.807, 2.05) is 13.8 Å². The molecule has 0 N–H and O–H groups in total. The summed E-state index contributed by atoms with van der Waals surface area (Å²) in [5.74, 6) is -0.643. The number of rotatable bonds is 1. The summed E-state index contributed by atoms with van der Waals surface area (Å²) in [6.07, 6.45) is -1.61. The lowest BCUT2D eigenvalue weighted by Gasteiger charge is -1.99. The van der Waals surface area contributed by atoms with Gasteiger partial charge in [-0.15, -0.1) is 0 Å². The molecule has 1 rings (SSSR count). The molecular weight excluding hydrogens is 179 g/mol. The van der Waals surface area contributed by atoms with Gasteiger partial charge in [0.05, 0.1) is 0 Å². The minimum Gasteiger partial charge on any atom is -0.255 e. The van der Waals surface area contributed by atoms with Crippen LogP contribution in [0.1, 0.15) is 31.5 Å². The first-order chi connectivity index (χ1) is 6.11. The number of aryl methyl sites for hydroxylation is 1. The van der Waals surface area contributed by atoms with Gasteiger partial charge >= 0.3 is 0 Å². The highest BCUT2D eigenvalue weighted by atomic mass is 19.3. The average Bonchev–Trinajstić information content (AvgIpc) is 2.13. The highest BCUT2D eigenvalue weighted by Crippen LogP contribution is 2.17. The van der Waals surface area contributed by atoms with Crippen molar-refractivity contribution in [2.45, 2.75) is 27.2 Å². The molecule has 1 nitrogen and oxygen atoms in total. The first-order valence-electron chi connectivity index (χ1n) is 4.01. The second-order valence-electron chi connectivity index (χ2n) is 2.16. The number of nitrogens with zero attached hydrogens (tertiary/aromatic N) is 1. The molecule has 0 spiro atoms. The second-order valence-corrected chi connectivity index (χ2v) is 2.16. The van der Waals surface area contributed by atoms with Gasteiger partial charge in [0.15, 0.2) is 0 Å². The lowest BCUT2D eigenvalue weighted by atomic mass is 10.2. The van der Waals surface area contributed by atoms with E-state index in [2.05, 4.69) is 4.98 Å². The summed E-state index contributed by atoms with van der Waals surface area (Å²) in [4.78, 5) is 3.35. The number of alkyl halides is 2. The zero-order valence-electron chi connectivity index (χ0n) is 7.81. The van der Waals surface area contributed by atoms with Gasteiger partial charge in [-0.2, -0.15) is 0 Å². The molecule has 0 aliphatic heterocycles. The number of hydrogen-bond donors (Lipinski definition) is 0. The third kappa shape index (κ3) is 3.44. The topological polar surface area (TPSA) is 12.9 Å². The summed E-state index contributed by atoms with van der Waals surface area (Å²) in [6.45, 7) is 5.47. The molecule has 0 saturated carbocycles. The summed E-state index contributed by atoms with van der Waals surface area (Å²) in [7, 11) is 0. The van der Waals surface area contributed by atoms with Crippen molar-refractivity contribution in [3.8, 4) is 0 Å². The molecule has 0 amide bonds. The van der Waals surface area contributed by atoms with Crippen LogP contribution in [0.25, 0.3) is 0 Å². The van der Waals surface area contributed by atoms with Crippen LogP contribution in [-0.4, -0.2) is 4.98 Å². The third-order valence-electron chi connectivity index (χ3n) is 1.28. The summed E-state index contributed by atoms with van der Waals surface area (Å²) >= 11 is 0. The zero-order chi connectivity index (χ0) is 10.4. The molecule has 0 fully saturated rings. The molecule has 0 unspecified atom stereocenters. The van der Waals surface area contributed by atoms with Gasteiger partial charge in [0.2, 0.25) is 0 Å². The Hall–Kier alpha value is -1.06.